The van der Waals surface area contributed by atoms with Crippen LogP contribution in [-0.4, -0.2) is 55.3 Å². The SMILES string of the molecule is O=C(O)c1ccccc1OCCN1CCNCC1. The summed E-state index contributed by atoms with van der Waals surface area (Å²) in [7, 11) is 0. The Morgan fingerprint density at radius 2 is 2.06 bits per heavy atom. The standard InChI is InChI=1S/C13H18N2O3/c16-13(17)11-3-1-2-4-12(11)18-10-9-15-7-5-14-6-8-15/h1-4,14H,5-10H2,(H,16,17). The molecule has 0 amide bonds. The number of carboxylic acids is 1. The molecule has 1 fully saturated rings. The van der Waals surface area contributed by atoms with Crippen molar-refractivity contribution in [2.24, 2.45) is 0 Å². The van der Waals surface area contributed by atoms with Crippen molar-refractivity contribution in [3.63, 3.8) is 0 Å². The van der Waals surface area contributed by atoms with Crippen LogP contribution in [0.2, 0.25) is 0 Å². The summed E-state index contributed by atoms with van der Waals surface area (Å²) in [5.74, 6) is -0.507. The van der Waals surface area contributed by atoms with E-state index < -0.39 is 5.97 Å². The molecular formula is C13H18N2O3. The van der Waals surface area contributed by atoms with E-state index in [9.17, 15) is 4.79 Å². The zero-order valence-corrected chi connectivity index (χ0v) is 10.3. The molecule has 1 heterocycles. The highest BCUT2D eigenvalue weighted by atomic mass is 16.5. The van der Waals surface area contributed by atoms with Crippen molar-refractivity contribution in [2.45, 2.75) is 0 Å². The lowest BCUT2D eigenvalue weighted by molar-refractivity contribution is 0.0691. The first-order valence-corrected chi connectivity index (χ1v) is 6.15. The van der Waals surface area contributed by atoms with Gasteiger partial charge in [-0.15, -0.1) is 0 Å². The average molecular weight is 250 g/mol. The van der Waals surface area contributed by atoms with Gasteiger partial charge in [0.15, 0.2) is 0 Å². The maximum atomic E-state index is 11.0. The Morgan fingerprint density at radius 3 is 2.78 bits per heavy atom. The summed E-state index contributed by atoms with van der Waals surface area (Å²) in [5, 5.41) is 12.3. The molecule has 0 radical (unpaired) electrons. The lowest BCUT2D eigenvalue weighted by Crippen LogP contribution is -2.44. The number of rotatable bonds is 5. The number of para-hydroxylation sites is 1. The fraction of sp³-hybridized carbons (Fsp3) is 0.462. The average Bonchev–Trinajstić information content (AvgIpc) is 2.40. The molecule has 0 unspecified atom stereocenters. The number of ether oxygens (including phenoxy) is 1. The lowest BCUT2D eigenvalue weighted by Gasteiger charge is -2.27. The second kappa shape index (κ2) is 6.37. The Morgan fingerprint density at radius 1 is 1.33 bits per heavy atom. The van der Waals surface area contributed by atoms with E-state index in [2.05, 4.69) is 10.2 Å². The Hall–Kier alpha value is -1.59. The summed E-state index contributed by atoms with van der Waals surface area (Å²) in [4.78, 5) is 13.3. The van der Waals surface area contributed by atoms with Gasteiger partial charge in [-0.1, -0.05) is 12.1 Å². The van der Waals surface area contributed by atoms with Crippen LogP contribution in [0.4, 0.5) is 0 Å². The van der Waals surface area contributed by atoms with Crippen molar-refractivity contribution in [3.8, 4) is 5.75 Å². The van der Waals surface area contributed by atoms with E-state index in [0.29, 0.717) is 12.4 Å². The van der Waals surface area contributed by atoms with Gasteiger partial charge in [0.25, 0.3) is 0 Å². The molecule has 98 valence electrons. The van der Waals surface area contributed by atoms with Crippen LogP contribution in [0.5, 0.6) is 5.75 Å². The molecule has 5 heteroatoms. The van der Waals surface area contributed by atoms with Gasteiger partial charge in [0.05, 0.1) is 0 Å². The van der Waals surface area contributed by atoms with Gasteiger partial charge in [-0.3, -0.25) is 4.90 Å². The molecule has 2 rings (SSSR count). The minimum absolute atomic E-state index is 0.220. The Balaban J connectivity index is 1.84. The van der Waals surface area contributed by atoms with Crippen LogP contribution >= 0.6 is 0 Å². The molecular weight excluding hydrogens is 232 g/mol. The van der Waals surface area contributed by atoms with Crippen molar-refractivity contribution in [1.29, 1.82) is 0 Å². The minimum Gasteiger partial charge on any atom is -0.491 e. The van der Waals surface area contributed by atoms with Crippen molar-refractivity contribution in [3.05, 3.63) is 29.8 Å². The predicted octanol–water partition coefficient (Wildman–Crippen LogP) is 0.669. The maximum absolute atomic E-state index is 11.0. The highest BCUT2D eigenvalue weighted by Crippen LogP contribution is 2.17. The van der Waals surface area contributed by atoms with Gasteiger partial charge in [-0.2, -0.15) is 0 Å². The van der Waals surface area contributed by atoms with Gasteiger partial charge in [0.1, 0.15) is 17.9 Å². The number of nitrogens with zero attached hydrogens (tertiary/aromatic N) is 1. The smallest absolute Gasteiger partial charge is 0.339 e. The van der Waals surface area contributed by atoms with Crippen LogP contribution in [0, 0.1) is 0 Å². The highest BCUT2D eigenvalue weighted by molar-refractivity contribution is 5.90. The summed E-state index contributed by atoms with van der Waals surface area (Å²) in [6.07, 6.45) is 0. The number of carbonyl (C=O) groups is 1. The predicted molar refractivity (Wildman–Crippen MR) is 68.2 cm³/mol. The fourth-order valence-electron chi connectivity index (χ4n) is 1.99. The summed E-state index contributed by atoms with van der Waals surface area (Å²) < 4.78 is 5.56. The van der Waals surface area contributed by atoms with E-state index in [0.717, 1.165) is 32.7 Å². The molecule has 2 N–H and O–H groups in total. The zero-order chi connectivity index (χ0) is 12.8. The number of benzene rings is 1. The third-order valence-corrected chi connectivity index (χ3v) is 2.99. The summed E-state index contributed by atoms with van der Waals surface area (Å²) in [6.45, 7) is 5.39. The van der Waals surface area contributed by atoms with Crippen molar-refractivity contribution < 1.29 is 14.6 Å². The quantitative estimate of drug-likeness (QED) is 0.804. The first-order valence-electron chi connectivity index (χ1n) is 6.15. The molecule has 1 aromatic rings. The van der Waals surface area contributed by atoms with Crippen LogP contribution < -0.4 is 10.1 Å². The molecule has 0 aliphatic carbocycles. The number of hydrogen-bond donors (Lipinski definition) is 2. The van der Waals surface area contributed by atoms with Gasteiger partial charge >= 0.3 is 5.97 Å². The molecule has 0 bridgehead atoms. The molecule has 1 aliphatic rings. The molecule has 0 saturated carbocycles. The van der Waals surface area contributed by atoms with Crippen LogP contribution in [-0.2, 0) is 0 Å². The lowest BCUT2D eigenvalue weighted by atomic mass is 10.2. The first-order chi connectivity index (χ1) is 8.77. The van der Waals surface area contributed by atoms with E-state index in [1.807, 2.05) is 0 Å². The van der Waals surface area contributed by atoms with Crippen molar-refractivity contribution >= 4 is 5.97 Å². The summed E-state index contributed by atoms with van der Waals surface area (Å²) in [6, 6.07) is 6.74. The largest absolute Gasteiger partial charge is 0.491 e. The van der Waals surface area contributed by atoms with E-state index in [4.69, 9.17) is 9.84 Å². The molecule has 5 nitrogen and oxygen atoms in total. The molecule has 0 atom stereocenters. The number of carboxylic acid groups (broad SMARTS) is 1. The van der Waals surface area contributed by atoms with E-state index >= 15 is 0 Å². The highest BCUT2D eigenvalue weighted by Gasteiger charge is 2.12. The zero-order valence-electron chi connectivity index (χ0n) is 10.3. The van der Waals surface area contributed by atoms with Crippen LogP contribution in [0.1, 0.15) is 10.4 Å². The molecule has 0 spiro atoms. The summed E-state index contributed by atoms with van der Waals surface area (Å²) >= 11 is 0. The summed E-state index contributed by atoms with van der Waals surface area (Å²) in [5.41, 5.74) is 0.220. The fourth-order valence-corrected chi connectivity index (χ4v) is 1.99. The number of hydrogen-bond acceptors (Lipinski definition) is 4. The minimum atomic E-state index is -0.951. The second-order valence-corrected chi connectivity index (χ2v) is 4.24. The van der Waals surface area contributed by atoms with Crippen molar-refractivity contribution in [1.82, 2.24) is 10.2 Å². The molecule has 0 aromatic heterocycles. The first kappa shape index (κ1) is 12.9. The van der Waals surface area contributed by atoms with Gasteiger partial charge in [0.2, 0.25) is 0 Å². The molecule has 1 saturated heterocycles. The Bertz CT molecular complexity index is 403. The van der Waals surface area contributed by atoms with E-state index in [-0.39, 0.29) is 5.56 Å². The van der Waals surface area contributed by atoms with Crippen LogP contribution in [0.3, 0.4) is 0 Å². The van der Waals surface area contributed by atoms with Gasteiger partial charge in [0, 0.05) is 32.7 Å². The van der Waals surface area contributed by atoms with Crippen LogP contribution in [0.15, 0.2) is 24.3 Å². The second-order valence-electron chi connectivity index (χ2n) is 4.24. The molecule has 1 aliphatic heterocycles. The van der Waals surface area contributed by atoms with Gasteiger partial charge in [-0.05, 0) is 12.1 Å². The normalized spacial score (nSPS) is 16.4. The number of piperazine rings is 1. The van der Waals surface area contributed by atoms with Crippen molar-refractivity contribution in [2.75, 3.05) is 39.3 Å². The molecule has 18 heavy (non-hydrogen) atoms. The Labute approximate surface area is 106 Å². The third-order valence-electron chi connectivity index (χ3n) is 2.99. The number of nitrogens with one attached hydrogen (secondary N) is 1. The molecule has 1 aromatic carbocycles. The Kier molecular flexibility index (Phi) is 4.55. The third kappa shape index (κ3) is 3.45. The van der Waals surface area contributed by atoms with Crippen LogP contribution in [0.25, 0.3) is 0 Å². The van der Waals surface area contributed by atoms with Gasteiger partial charge in [-0.25, -0.2) is 4.79 Å². The maximum Gasteiger partial charge on any atom is 0.339 e. The topological polar surface area (TPSA) is 61.8 Å². The monoisotopic (exact) mass is 250 g/mol. The van der Waals surface area contributed by atoms with Gasteiger partial charge < -0.3 is 15.2 Å². The number of aromatic carboxylic acids is 1. The van der Waals surface area contributed by atoms with E-state index in [1.165, 1.54) is 0 Å². The van der Waals surface area contributed by atoms with E-state index in [1.54, 1.807) is 24.3 Å².